The Morgan fingerprint density at radius 1 is 1.00 bits per heavy atom. The van der Waals surface area contributed by atoms with Crippen LogP contribution in [-0.2, 0) is 22.6 Å². The highest BCUT2D eigenvalue weighted by Gasteiger charge is 2.48. The van der Waals surface area contributed by atoms with Gasteiger partial charge in [0.2, 0.25) is 11.8 Å². The summed E-state index contributed by atoms with van der Waals surface area (Å²) in [7, 11) is 1.63. The number of hydrogen-bond donors (Lipinski definition) is 1. The zero-order chi connectivity index (χ0) is 24.1. The van der Waals surface area contributed by atoms with Crippen molar-refractivity contribution in [3.05, 3.63) is 99.7 Å². The predicted molar refractivity (Wildman–Crippen MR) is 137 cm³/mol. The number of ether oxygens (including phenoxy) is 1. The van der Waals surface area contributed by atoms with Gasteiger partial charge in [-0.3, -0.25) is 9.59 Å². The van der Waals surface area contributed by atoms with Crippen molar-refractivity contribution in [2.24, 2.45) is 0 Å². The Balaban J connectivity index is 1.41. The van der Waals surface area contributed by atoms with Gasteiger partial charge in [0, 0.05) is 34.0 Å². The number of amides is 2. The Kier molecular flexibility index (Phi) is 5.37. The highest BCUT2D eigenvalue weighted by molar-refractivity contribution is 9.10. The van der Waals surface area contributed by atoms with Gasteiger partial charge >= 0.3 is 0 Å². The van der Waals surface area contributed by atoms with E-state index in [9.17, 15) is 9.59 Å². The molecule has 1 saturated heterocycles. The monoisotopic (exact) mass is 529 g/mol. The van der Waals surface area contributed by atoms with Gasteiger partial charge in [0.1, 0.15) is 18.3 Å². The average Bonchev–Trinajstić information content (AvgIpc) is 3.25. The molecule has 0 saturated carbocycles. The van der Waals surface area contributed by atoms with Crippen LogP contribution in [0.2, 0.25) is 0 Å². The summed E-state index contributed by atoms with van der Waals surface area (Å²) in [5.74, 6) is 0.705. The van der Waals surface area contributed by atoms with E-state index < -0.39 is 6.04 Å². The highest BCUT2D eigenvalue weighted by atomic mass is 79.9. The fourth-order valence-corrected chi connectivity index (χ4v) is 5.66. The minimum absolute atomic E-state index is 0.0153. The van der Waals surface area contributed by atoms with Crippen LogP contribution in [0, 0.1) is 0 Å². The van der Waals surface area contributed by atoms with Crippen LogP contribution in [-0.4, -0.2) is 46.3 Å². The van der Waals surface area contributed by atoms with Crippen LogP contribution in [0.5, 0.6) is 5.75 Å². The number of piperazine rings is 1. The molecule has 0 bridgehead atoms. The molecule has 0 radical (unpaired) electrons. The number of carbonyl (C=O) groups excluding carboxylic acids is 2. The second-order valence-corrected chi connectivity index (χ2v) is 10.00. The normalized spacial score (nSPS) is 19.6. The largest absolute Gasteiger partial charge is 0.497 e. The Bertz CT molecular complexity index is 1430. The van der Waals surface area contributed by atoms with E-state index in [0.717, 1.165) is 43.5 Å². The lowest BCUT2D eigenvalue weighted by molar-refractivity contribution is -0.159. The Hall–Kier alpha value is -3.58. The summed E-state index contributed by atoms with van der Waals surface area (Å²) in [6.07, 6.45) is 0.496. The van der Waals surface area contributed by atoms with E-state index in [1.807, 2.05) is 66.7 Å². The third kappa shape index (κ3) is 3.71. The van der Waals surface area contributed by atoms with Gasteiger partial charge in [0.25, 0.3) is 0 Å². The van der Waals surface area contributed by atoms with E-state index in [1.54, 1.807) is 16.9 Å². The molecule has 2 aliphatic rings. The number of rotatable bonds is 4. The van der Waals surface area contributed by atoms with E-state index in [4.69, 9.17) is 4.74 Å². The standard InChI is InChI=1S/C28H24BrN3O3/c1-35-20-12-6-17(7-13-20)15-31-16-25(33)32-24(28(31)34)14-22-21-4-2-3-5-23(21)30-26(22)27(32)18-8-10-19(29)11-9-18/h2-13,24,27,30H,14-16H2,1H3/t24-,27-/m0/s1. The number of carbonyl (C=O) groups is 2. The molecular weight excluding hydrogens is 506 g/mol. The maximum absolute atomic E-state index is 13.8. The van der Waals surface area contributed by atoms with Crippen LogP contribution in [0.1, 0.15) is 28.4 Å². The molecule has 6 nitrogen and oxygen atoms in total. The number of aromatic amines is 1. The van der Waals surface area contributed by atoms with Gasteiger partial charge in [-0.15, -0.1) is 0 Å². The summed E-state index contributed by atoms with van der Waals surface area (Å²) in [4.78, 5) is 34.5. The van der Waals surface area contributed by atoms with Gasteiger partial charge in [0.15, 0.2) is 0 Å². The molecular formula is C28H24BrN3O3. The minimum Gasteiger partial charge on any atom is -0.497 e. The summed E-state index contributed by atoms with van der Waals surface area (Å²) >= 11 is 3.51. The molecule has 7 heteroatoms. The molecule has 3 heterocycles. The van der Waals surface area contributed by atoms with Crippen molar-refractivity contribution in [3.8, 4) is 5.75 Å². The van der Waals surface area contributed by atoms with Crippen LogP contribution >= 0.6 is 15.9 Å². The van der Waals surface area contributed by atoms with E-state index in [2.05, 4.69) is 27.0 Å². The van der Waals surface area contributed by atoms with Crippen molar-refractivity contribution in [1.29, 1.82) is 0 Å². The van der Waals surface area contributed by atoms with Gasteiger partial charge < -0.3 is 19.5 Å². The second-order valence-electron chi connectivity index (χ2n) is 9.08. The van der Waals surface area contributed by atoms with Crippen molar-refractivity contribution in [2.75, 3.05) is 13.7 Å². The Labute approximate surface area is 211 Å². The molecule has 2 atom stereocenters. The number of H-pyrrole nitrogens is 1. The quantitative estimate of drug-likeness (QED) is 0.412. The molecule has 1 aromatic heterocycles. The fourth-order valence-electron chi connectivity index (χ4n) is 5.40. The van der Waals surface area contributed by atoms with E-state index >= 15 is 0 Å². The van der Waals surface area contributed by atoms with E-state index in [0.29, 0.717) is 13.0 Å². The van der Waals surface area contributed by atoms with Crippen LogP contribution < -0.4 is 4.74 Å². The molecule has 3 aromatic carbocycles. The number of nitrogens with one attached hydrogen (secondary N) is 1. The molecule has 0 spiro atoms. The van der Waals surface area contributed by atoms with Crippen molar-refractivity contribution in [3.63, 3.8) is 0 Å². The average molecular weight is 530 g/mol. The summed E-state index contributed by atoms with van der Waals surface area (Å²) in [5.41, 5.74) is 5.08. The third-order valence-corrected chi connectivity index (χ3v) is 7.59. The van der Waals surface area contributed by atoms with Crippen LogP contribution in [0.3, 0.4) is 0 Å². The number of halogens is 1. The second kappa shape index (κ2) is 8.57. The van der Waals surface area contributed by atoms with Gasteiger partial charge in [-0.25, -0.2) is 0 Å². The number of benzene rings is 3. The molecule has 0 aliphatic carbocycles. The van der Waals surface area contributed by atoms with Gasteiger partial charge in [-0.1, -0.05) is 58.4 Å². The lowest BCUT2D eigenvalue weighted by atomic mass is 9.86. The predicted octanol–water partition coefficient (Wildman–Crippen LogP) is 4.82. The molecule has 6 rings (SSSR count). The van der Waals surface area contributed by atoms with Gasteiger partial charge in [-0.2, -0.15) is 0 Å². The summed E-state index contributed by atoms with van der Waals surface area (Å²) in [5, 5.41) is 1.11. The number of aromatic nitrogens is 1. The van der Waals surface area contributed by atoms with Crippen LogP contribution in [0.25, 0.3) is 10.9 Å². The van der Waals surface area contributed by atoms with E-state index in [1.165, 1.54) is 0 Å². The van der Waals surface area contributed by atoms with Crippen LogP contribution in [0.4, 0.5) is 0 Å². The molecule has 176 valence electrons. The summed E-state index contributed by atoms with van der Waals surface area (Å²) in [6.45, 7) is 0.451. The van der Waals surface area contributed by atoms with Crippen molar-refractivity contribution < 1.29 is 14.3 Å². The highest BCUT2D eigenvalue weighted by Crippen LogP contribution is 2.42. The fraction of sp³-hybridized carbons (Fsp3) is 0.214. The minimum atomic E-state index is -0.546. The smallest absolute Gasteiger partial charge is 0.246 e. The molecule has 1 fully saturated rings. The molecule has 2 aliphatic heterocycles. The SMILES string of the molecule is COc1ccc(CN2CC(=O)N3[C@@H](c4ccc(Br)cc4)c4[nH]c5ccccc5c4C[C@H]3C2=O)cc1. The van der Waals surface area contributed by atoms with Crippen molar-refractivity contribution in [1.82, 2.24) is 14.8 Å². The summed E-state index contributed by atoms with van der Waals surface area (Å²) in [6, 6.07) is 22.9. The Morgan fingerprint density at radius 3 is 2.49 bits per heavy atom. The number of fused-ring (bicyclic) bond motifs is 4. The Morgan fingerprint density at radius 2 is 1.74 bits per heavy atom. The number of methoxy groups -OCH3 is 1. The van der Waals surface area contributed by atoms with Crippen molar-refractivity contribution in [2.45, 2.75) is 25.0 Å². The number of nitrogens with zero attached hydrogens (tertiary/aromatic N) is 2. The van der Waals surface area contributed by atoms with E-state index in [-0.39, 0.29) is 24.4 Å². The van der Waals surface area contributed by atoms with Gasteiger partial charge in [-0.05, 0) is 47.0 Å². The number of para-hydroxylation sites is 1. The first-order valence-corrected chi connectivity index (χ1v) is 12.4. The molecule has 0 unspecified atom stereocenters. The molecule has 1 N–H and O–H groups in total. The maximum Gasteiger partial charge on any atom is 0.246 e. The lowest BCUT2D eigenvalue weighted by Gasteiger charge is -2.47. The topological polar surface area (TPSA) is 65.6 Å². The molecule has 4 aromatic rings. The number of hydrogen-bond acceptors (Lipinski definition) is 3. The zero-order valence-electron chi connectivity index (χ0n) is 19.2. The van der Waals surface area contributed by atoms with Crippen molar-refractivity contribution >= 4 is 38.6 Å². The zero-order valence-corrected chi connectivity index (χ0v) is 20.8. The maximum atomic E-state index is 13.8. The first-order valence-electron chi connectivity index (χ1n) is 11.6. The van der Waals surface area contributed by atoms with Crippen LogP contribution in [0.15, 0.2) is 77.3 Å². The summed E-state index contributed by atoms with van der Waals surface area (Å²) < 4.78 is 6.21. The van der Waals surface area contributed by atoms with Gasteiger partial charge in [0.05, 0.1) is 13.2 Å². The first-order chi connectivity index (χ1) is 17.0. The lowest BCUT2D eigenvalue weighted by Crippen LogP contribution is -2.62. The molecule has 35 heavy (non-hydrogen) atoms. The third-order valence-electron chi connectivity index (χ3n) is 7.06. The first kappa shape index (κ1) is 21.9. The molecule has 2 amide bonds.